The second-order valence-corrected chi connectivity index (χ2v) is 5.07. The first-order chi connectivity index (χ1) is 10.1. The molecule has 1 N–H and O–H groups in total. The molecule has 112 valence electrons. The van der Waals surface area contributed by atoms with Gasteiger partial charge in [-0.05, 0) is 12.1 Å². The Morgan fingerprint density at radius 1 is 1.38 bits per heavy atom. The lowest BCUT2D eigenvalue weighted by atomic mass is 10.2. The zero-order valence-electron chi connectivity index (χ0n) is 12.0. The van der Waals surface area contributed by atoms with Crippen LogP contribution in [0, 0.1) is 0 Å². The normalized spacial score (nSPS) is 10.2. The molecule has 0 fully saturated rings. The summed E-state index contributed by atoms with van der Waals surface area (Å²) in [5.74, 6) is 1.29. The van der Waals surface area contributed by atoms with Crippen molar-refractivity contribution in [3.63, 3.8) is 0 Å². The summed E-state index contributed by atoms with van der Waals surface area (Å²) < 4.78 is 12.1. The van der Waals surface area contributed by atoms with E-state index in [9.17, 15) is 4.79 Å². The summed E-state index contributed by atoms with van der Waals surface area (Å²) in [4.78, 5) is 12.0. The molecule has 2 aromatic rings. The summed E-state index contributed by atoms with van der Waals surface area (Å²) in [6.07, 6.45) is 1.59. The second kappa shape index (κ2) is 6.98. The number of hydrogen-bond donors (Lipinski definition) is 1. The Labute approximate surface area is 126 Å². The number of nitrogens with one attached hydrogen (secondary N) is 1. The molecule has 0 spiro atoms. The Kier molecular flexibility index (Phi) is 5.04. The topological polar surface area (TPSA) is 78.3 Å². The van der Waals surface area contributed by atoms with Crippen molar-refractivity contribution in [1.29, 1.82) is 0 Å². The molecule has 2 rings (SSSR count). The molecule has 1 aromatic carbocycles. The van der Waals surface area contributed by atoms with Gasteiger partial charge in [-0.25, -0.2) is 0 Å². The third-order valence-corrected chi connectivity index (χ3v) is 3.72. The van der Waals surface area contributed by atoms with Crippen molar-refractivity contribution in [2.75, 3.05) is 25.3 Å². The van der Waals surface area contributed by atoms with Gasteiger partial charge >= 0.3 is 0 Å². The van der Waals surface area contributed by atoms with Crippen molar-refractivity contribution in [2.45, 2.75) is 5.16 Å². The fraction of sp³-hybridized carbons (Fsp3) is 0.308. The highest BCUT2D eigenvalue weighted by molar-refractivity contribution is 7.99. The Balaban J connectivity index is 2.00. The minimum absolute atomic E-state index is 0.158. The van der Waals surface area contributed by atoms with Gasteiger partial charge < -0.3 is 19.4 Å². The Hall–Kier alpha value is -2.22. The number of benzene rings is 1. The molecule has 0 unspecified atom stereocenters. The van der Waals surface area contributed by atoms with E-state index in [1.54, 1.807) is 43.3 Å². The van der Waals surface area contributed by atoms with Crippen LogP contribution in [0.1, 0.15) is 0 Å². The molecule has 0 bridgehead atoms. The van der Waals surface area contributed by atoms with E-state index < -0.39 is 0 Å². The molecule has 21 heavy (non-hydrogen) atoms. The van der Waals surface area contributed by atoms with E-state index in [4.69, 9.17) is 9.47 Å². The van der Waals surface area contributed by atoms with E-state index >= 15 is 0 Å². The number of carbonyl (C=O) groups is 1. The van der Waals surface area contributed by atoms with Crippen LogP contribution in [0.15, 0.2) is 29.7 Å². The standard InChI is InChI=1S/C13H16N4O3S/c1-17-8-14-16-13(17)21-7-12(18)15-10-6-9(19-2)4-5-11(10)20-3/h4-6,8H,7H2,1-3H3,(H,15,18). The lowest BCUT2D eigenvalue weighted by Gasteiger charge is -2.11. The monoisotopic (exact) mass is 308 g/mol. The first kappa shape index (κ1) is 15.2. The molecular weight excluding hydrogens is 292 g/mol. The van der Waals surface area contributed by atoms with E-state index in [0.29, 0.717) is 22.3 Å². The van der Waals surface area contributed by atoms with Crippen molar-refractivity contribution < 1.29 is 14.3 Å². The molecule has 1 aromatic heterocycles. The summed E-state index contributed by atoms with van der Waals surface area (Å²) in [5.41, 5.74) is 0.570. The maximum Gasteiger partial charge on any atom is 0.234 e. The van der Waals surface area contributed by atoms with Crippen LogP contribution in [0.2, 0.25) is 0 Å². The Bertz CT molecular complexity index is 630. The van der Waals surface area contributed by atoms with Crippen molar-refractivity contribution >= 4 is 23.4 Å². The van der Waals surface area contributed by atoms with Crippen LogP contribution in [-0.2, 0) is 11.8 Å². The highest BCUT2D eigenvalue weighted by Crippen LogP contribution is 2.29. The van der Waals surface area contributed by atoms with Gasteiger partial charge in [-0.1, -0.05) is 11.8 Å². The third kappa shape index (κ3) is 3.88. The van der Waals surface area contributed by atoms with Gasteiger partial charge in [-0.3, -0.25) is 4.79 Å². The van der Waals surface area contributed by atoms with Crippen molar-refractivity contribution in [2.24, 2.45) is 7.05 Å². The molecule has 0 saturated heterocycles. The summed E-state index contributed by atoms with van der Waals surface area (Å²) in [6.45, 7) is 0. The largest absolute Gasteiger partial charge is 0.497 e. The zero-order valence-corrected chi connectivity index (χ0v) is 12.8. The summed E-state index contributed by atoms with van der Waals surface area (Å²) in [7, 11) is 4.94. The number of thioether (sulfide) groups is 1. The van der Waals surface area contributed by atoms with Gasteiger partial charge in [-0.2, -0.15) is 0 Å². The molecule has 1 heterocycles. The van der Waals surface area contributed by atoms with Gasteiger partial charge in [-0.15, -0.1) is 10.2 Å². The number of carbonyl (C=O) groups excluding carboxylic acids is 1. The molecule has 0 saturated carbocycles. The van der Waals surface area contributed by atoms with E-state index in [1.165, 1.54) is 11.8 Å². The van der Waals surface area contributed by atoms with Gasteiger partial charge in [0.2, 0.25) is 5.91 Å². The van der Waals surface area contributed by atoms with Crippen LogP contribution in [0.5, 0.6) is 11.5 Å². The smallest absolute Gasteiger partial charge is 0.234 e. The quantitative estimate of drug-likeness (QED) is 0.816. The highest BCUT2D eigenvalue weighted by atomic mass is 32.2. The average molecular weight is 308 g/mol. The van der Waals surface area contributed by atoms with Gasteiger partial charge in [0.15, 0.2) is 5.16 Å². The number of ether oxygens (including phenoxy) is 2. The SMILES string of the molecule is COc1ccc(OC)c(NC(=O)CSc2nncn2C)c1. The predicted molar refractivity (Wildman–Crippen MR) is 79.9 cm³/mol. The van der Waals surface area contributed by atoms with Crippen LogP contribution in [-0.4, -0.2) is 40.6 Å². The minimum atomic E-state index is -0.158. The Morgan fingerprint density at radius 3 is 2.81 bits per heavy atom. The summed E-state index contributed by atoms with van der Waals surface area (Å²) in [5, 5.41) is 11.1. The molecule has 7 nitrogen and oxygen atoms in total. The van der Waals surface area contributed by atoms with Crippen molar-refractivity contribution in [3.05, 3.63) is 24.5 Å². The van der Waals surface area contributed by atoms with Gasteiger partial charge in [0.05, 0.1) is 25.7 Å². The van der Waals surface area contributed by atoms with E-state index in [-0.39, 0.29) is 11.7 Å². The number of rotatable bonds is 6. The molecule has 0 radical (unpaired) electrons. The lowest BCUT2D eigenvalue weighted by molar-refractivity contribution is -0.113. The van der Waals surface area contributed by atoms with Crippen molar-refractivity contribution in [3.8, 4) is 11.5 Å². The maximum atomic E-state index is 12.0. The molecule has 1 amide bonds. The molecule has 0 atom stereocenters. The fourth-order valence-electron chi connectivity index (χ4n) is 1.63. The number of hydrogen-bond acceptors (Lipinski definition) is 6. The van der Waals surface area contributed by atoms with Crippen LogP contribution in [0.3, 0.4) is 0 Å². The van der Waals surface area contributed by atoms with Crippen LogP contribution < -0.4 is 14.8 Å². The average Bonchev–Trinajstić information content (AvgIpc) is 2.90. The summed E-state index contributed by atoms with van der Waals surface area (Å²) >= 11 is 1.31. The van der Waals surface area contributed by atoms with E-state index in [2.05, 4.69) is 15.5 Å². The molecular formula is C13H16N4O3S. The van der Waals surface area contributed by atoms with Crippen LogP contribution >= 0.6 is 11.8 Å². The number of aryl methyl sites for hydroxylation is 1. The molecule has 8 heteroatoms. The fourth-order valence-corrected chi connectivity index (χ4v) is 2.32. The number of amides is 1. The van der Waals surface area contributed by atoms with Gasteiger partial charge in [0.25, 0.3) is 0 Å². The van der Waals surface area contributed by atoms with E-state index in [1.807, 2.05) is 7.05 Å². The number of aromatic nitrogens is 3. The Morgan fingerprint density at radius 2 is 2.19 bits per heavy atom. The lowest BCUT2D eigenvalue weighted by Crippen LogP contribution is -2.15. The second-order valence-electron chi connectivity index (χ2n) is 4.13. The molecule has 0 aliphatic heterocycles. The van der Waals surface area contributed by atoms with Gasteiger partial charge in [0, 0.05) is 13.1 Å². The number of nitrogens with zero attached hydrogens (tertiary/aromatic N) is 3. The van der Waals surface area contributed by atoms with Crippen LogP contribution in [0.4, 0.5) is 5.69 Å². The van der Waals surface area contributed by atoms with E-state index in [0.717, 1.165) is 0 Å². The highest BCUT2D eigenvalue weighted by Gasteiger charge is 2.11. The van der Waals surface area contributed by atoms with Crippen molar-refractivity contribution in [1.82, 2.24) is 14.8 Å². The summed E-state index contributed by atoms with van der Waals surface area (Å²) in [6, 6.07) is 5.22. The van der Waals surface area contributed by atoms with Gasteiger partial charge in [0.1, 0.15) is 17.8 Å². The van der Waals surface area contributed by atoms with Crippen LogP contribution in [0.25, 0.3) is 0 Å². The molecule has 0 aliphatic carbocycles. The first-order valence-electron chi connectivity index (χ1n) is 6.12. The molecule has 0 aliphatic rings. The minimum Gasteiger partial charge on any atom is -0.497 e. The zero-order chi connectivity index (χ0) is 15.2. The first-order valence-corrected chi connectivity index (χ1v) is 7.11. The third-order valence-electron chi connectivity index (χ3n) is 2.68. The number of methoxy groups -OCH3 is 2. The predicted octanol–water partition coefficient (Wildman–Crippen LogP) is 1.56. The number of anilines is 1. The maximum absolute atomic E-state index is 12.0.